The minimum absolute atomic E-state index is 0.267. The van der Waals surface area contributed by atoms with Gasteiger partial charge in [0.15, 0.2) is 11.5 Å². The van der Waals surface area contributed by atoms with Crippen LogP contribution in [0.25, 0.3) is 0 Å². The highest BCUT2D eigenvalue weighted by molar-refractivity contribution is 5.51. The highest BCUT2D eigenvalue weighted by Gasteiger charge is 2.17. The van der Waals surface area contributed by atoms with Crippen LogP contribution in [-0.4, -0.2) is 13.9 Å². The number of benzene rings is 1. The van der Waals surface area contributed by atoms with Crippen LogP contribution < -0.4 is 14.2 Å². The average Bonchev–Trinajstić information content (AvgIpc) is 2.50. The summed E-state index contributed by atoms with van der Waals surface area (Å²) in [7, 11) is 1.59. The van der Waals surface area contributed by atoms with Crippen molar-refractivity contribution in [2.24, 2.45) is 0 Å². The quantitative estimate of drug-likeness (QED) is 0.604. The molecule has 0 fully saturated rings. The fourth-order valence-electron chi connectivity index (χ4n) is 0.999. The molecule has 0 N–H and O–H groups in total. The van der Waals surface area contributed by atoms with Gasteiger partial charge in [0.05, 0.1) is 7.11 Å². The van der Waals surface area contributed by atoms with Crippen LogP contribution in [0, 0.1) is 6.07 Å². The van der Waals surface area contributed by atoms with Gasteiger partial charge in [-0.3, -0.25) is 0 Å². The lowest BCUT2D eigenvalue weighted by molar-refractivity contribution is 0.171. The van der Waals surface area contributed by atoms with Crippen LogP contribution in [-0.2, 0) is 0 Å². The minimum Gasteiger partial charge on any atom is -0.493 e. The van der Waals surface area contributed by atoms with Crippen LogP contribution in [0.4, 0.5) is 0 Å². The Labute approximate surface area is 64.5 Å². The van der Waals surface area contributed by atoms with Gasteiger partial charge < -0.3 is 14.2 Å². The first-order valence-electron chi connectivity index (χ1n) is 3.25. The van der Waals surface area contributed by atoms with E-state index in [9.17, 15) is 0 Å². The topological polar surface area (TPSA) is 27.7 Å². The molecule has 1 aromatic carbocycles. The molecule has 3 heteroatoms. The first kappa shape index (κ1) is 6.34. The first-order valence-corrected chi connectivity index (χ1v) is 3.25. The lowest BCUT2D eigenvalue weighted by Gasteiger charge is -2.01. The number of hydrogen-bond acceptors (Lipinski definition) is 3. The summed E-state index contributed by atoms with van der Waals surface area (Å²) in [5.74, 6) is 2.04. The standard InChI is InChI=1S/C8H7O3/c1-9-6-3-2-4-7-8(6)11-5-10-7/h3-4H,5H2,1H3. The number of hydrogen-bond donors (Lipinski definition) is 0. The van der Waals surface area contributed by atoms with Crippen LogP contribution in [0.15, 0.2) is 12.1 Å². The maximum absolute atomic E-state index is 5.15. The van der Waals surface area contributed by atoms with Gasteiger partial charge >= 0.3 is 0 Å². The Morgan fingerprint density at radius 2 is 2.36 bits per heavy atom. The predicted molar refractivity (Wildman–Crippen MR) is 38.0 cm³/mol. The van der Waals surface area contributed by atoms with Gasteiger partial charge in [0.25, 0.3) is 0 Å². The fourth-order valence-corrected chi connectivity index (χ4v) is 0.999. The molecule has 0 amide bonds. The van der Waals surface area contributed by atoms with E-state index in [2.05, 4.69) is 6.07 Å². The maximum Gasteiger partial charge on any atom is 0.231 e. The fraction of sp³-hybridized carbons (Fsp3) is 0.250. The lowest BCUT2D eigenvalue weighted by atomic mass is 10.3. The van der Waals surface area contributed by atoms with Gasteiger partial charge in [-0.05, 0) is 18.2 Å². The zero-order chi connectivity index (χ0) is 7.68. The SMILES string of the molecule is COc1c[c]cc2c1OCO2. The summed E-state index contributed by atoms with van der Waals surface area (Å²) in [6, 6.07) is 6.33. The van der Waals surface area contributed by atoms with Gasteiger partial charge in [-0.25, -0.2) is 0 Å². The number of methoxy groups -OCH3 is 1. The van der Waals surface area contributed by atoms with E-state index >= 15 is 0 Å². The molecule has 2 rings (SSSR count). The third-order valence-electron chi connectivity index (χ3n) is 1.51. The Balaban J connectivity index is 2.50. The van der Waals surface area contributed by atoms with E-state index in [1.54, 1.807) is 19.2 Å². The monoisotopic (exact) mass is 151 g/mol. The molecule has 1 aromatic rings. The van der Waals surface area contributed by atoms with Crippen molar-refractivity contribution < 1.29 is 14.2 Å². The molecule has 1 aliphatic rings. The highest BCUT2D eigenvalue weighted by atomic mass is 16.7. The Bertz CT molecular complexity index is 270. The number of ether oxygens (including phenoxy) is 3. The summed E-state index contributed by atoms with van der Waals surface area (Å²) in [6.07, 6.45) is 0. The first-order chi connectivity index (χ1) is 5.42. The Morgan fingerprint density at radius 1 is 1.45 bits per heavy atom. The molecule has 3 nitrogen and oxygen atoms in total. The molecule has 0 aliphatic carbocycles. The van der Waals surface area contributed by atoms with Crippen molar-refractivity contribution >= 4 is 0 Å². The van der Waals surface area contributed by atoms with E-state index < -0.39 is 0 Å². The van der Waals surface area contributed by atoms with E-state index in [4.69, 9.17) is 14.2 Å². The van der Waals surface area contributed by atoms with Crippen molar-refractivity contribution in [3.05, 3.63) is 18.2 Å². The van der Waals surface area contributed by atoms with Gasteiger partial charge in [0.2, 0.25) is 12.5 Å². The molecule has 0 aromatic heterocycles. The largest absolute Gasteiger partial charge is 0.493 e. The zero-order valence-electron chi connectivity index (χ0n) is 6.09. The second-order valence-corrected chi connectivity index (χ2v) is 2.12. The molecule has 0 spiro atoms. The summed E-state index contributed by atoms with van der Waals surface area (Å²) >= 11 is 0. The molecule has 1 radical (unpaired) electrons. The highest BCUT2D eigenvalue weighted by Crippen LogP contribution is 2.39. The lowest BCUT2D eigenvalue weighted by Crippen LogP contribution is -1.93. The molecule has 0 bridgehead atoms. The zero-order valence-corrected chi connectivity index (χ0v) is 6.09. The van der Waals surface area contributed by atoms with E-state index in [1.165, 1.54) is 0 Å². The second kappa shape index (κ2) is 2.34. The summed E-state index contributed by atoms with van der Waals surface area (Å²) in [6.45, 7) is 0.267. The van der Waals surface area contributed by atoms with E-state index in [0.29, 0.717) is 17.2 Å². The Kier molecular flexibility index (Phi) is 1.35. The summed E-state index contributed by atoms with van der Waals surface area (Å²) in [5, 5.41) is 0. The summed E-state index contributed by atoms with van der Waals surface area (Å²) in [4.78, 5) is 0. The van der Waals surface area contributed by atoms with Crippen molar-refractivity contribution in [2.75, 3.05) is 13.9 Å². The van der Waals surface area contributed by atoms with E-state index in [0.717, 1.165) is 0 Å². The smallest absolute Gasteiger partial charge is 0.231 e. The molecule has 0 saturated heterocycles. The van der Waals surface area contributed by atoms with Crippen LogP contribution >= 0.6 is 0 Å². The Morgan fingerprint density at radius 3 is 3.18 bits per heavy atom. The van der Waals surface area contributed by atoms with E-state index in [-0.39, 0.29) is 6.79 Å². The maximum atomic E-state index is 5.15. The third kappa shape index (κ3) is 0.888. The minimum atomic E-state index is 0.267. The molecule has 1 aliphatic heterocycles. The van der Waals surface area contributed by atoms with Gasteiger partial charge in [-0.15, -0.1) is 0 Å². The van der Waals surface area contributed by atoms with Crippen LogP contribution in [0.3, 0.4) is 0 Å². The van der Waals surface area contributed by atoms with Crippen molar-refractivity contribution in [1.82, 2.24) is 0 Å². The van der Waals surface area contributed by atoms with Gasteiger partial charge in [-0.1, -0.05) is 0 Å². The average molecular weight is 151 g/mol. The molecule has 0 atom stereocenters. The molecular formula is C8H7O3. The number of rotatable bonds is 1. The van der Waals surface area contributed by atoms with Crippen molar-refractivity contribution in [3.8, 4) is 17.2 Å². The van der Waals surface area contributed by atoms with Crippen LogP contribution in [0.1, 0.15) is 0 Å². The van der Waals surface area contributed by atoms with Gasteiger partial charge in [0.1, 0.15) is 0 Å². The predicted octanol–water partition coefficient (Wildman–Crippen LogP) is 1.22. The molecule has 1 heterocycles. The summed E-state index contributed by atoms with van der Waals surface area (Å²) < 4.78 is 15.3. The third-order valence-corrected chi connectivity index (χ3v) is 1.51. The second-order valence-electron chi connectivity index (χ2n) is 2.12. The number of fused-ring (bicyclic) bond motifs is 1. The molecule has 0 unspecified atom stereocenters. The normalized spacial score (nSPS) is 13.2. The molecular weight excluding hydrogens is 144 g/mol. The van der Waals surface area contributed by atoms with Crippen LogP contribution in [0.5, 0.6) is 17.2 Å². The van der Waals surface area contributed by atoms with Crippen LogP contribution in [0.2, 0.25) is 0 Å². The molecule has 11 heavy (non-hydrogen) atoms. The van der Waals surface area contributed by atoms with Crippen molar-refractivity contribution in [2.45, 2.75) is 0 Å². The van der Waals surface area contributed by atoms with E-state index in [1.807, 2.05) is 0 Å². The van der Waals surface area contributed by atoms with Gasteiger partial charge in [0, 0.05) is 0 Å². The van der Waals surface area contributed by atoms with Crippen molar-refractivity contribution in [1.29, 1.82) is 0 Å². The van der Waals surface area contributed by atoms with Crippen molar-refractivity contribution in [3.63, 3.8) is 0 Å². The summed E-state index contributed by atoms with van der Waals surface area (Å²) in [5.41, 5.74) is 0. The molecule has 0 saturated carbocycles. The molecule has 57 valence electrons. The van der Waals surface area contributed by atoms with Gasteiger partial charge in [-0.2, -0.15) is 0 Å². The Hall–Kier alpha value is -1.38.